The van der Waals surface area contributed by atoms with Gasteiger partial charge >= 0.3 is 6.03 Å². The van der Waals surface area contributed by atoms with Crippen LogP contribution in [0.25, 0.3) is 0 Å². The molecule has 2 aliphatic heterocycles. The second kappa shape index (κ2) is 10.8. The zero-order chi connectivity index (χ0) is 24.1. The van der Waals surface area contributed by atoms with E-state index in [1.807, 2.05) is 48.5 Å². The molecule has 0 atom stereocenters. The van der Waals surface area contributed by atoms with E-state index in [1.54, 1.807) is 19.1 Å². The van der Waals surface area contributed by atoms with Crippen LogP contribution in [0.15, 0.2) is 48.5 Å². The number of urea groups is 1. The minimum Gasteiger partial charge on any atom is -0.497 e. The van der Waals surface area contributed by atoms with Crippen molar-refractivity contribution in [2.45, 2.75) is 37.9 Å². The summed E-state index contributed by atoms with van der Waals surface area (Å²) < 4.78 is 10.4. The van der Waals surface area contributed by atoms with Crippen LogP contribution in [0.1, 0.15) is 30.4 Å². The Morgan fingerprint density at radius 1 is 0.912 bits per heavy atom. The number of imide groups is 1. The number of hydrogen-bond donors (Lipinski definition) is 0. The average Bonchev–Trinajstić information content (AvgIpc) is 3.04. The topological polar surface area (TPSA) is 62.3 Å². The van der Waals surface area contributed by atoms with Crippen LogP contribution < -0.4 is 4.74 Å². The largest absolute Gasteiger partial charge is 0.497 e. The van der Waals surface area contributed by atoms with Gasteiger partial charge in [-0.3, -0.25) is 14.6 Å². The smallest absolute Gasteiger partial charge is 0.327 e. The van der Waals surface area contributed by atoms with Crippen LogP contribution in [0.2, 0.25) is 5.02 Å². The van der Waals surface area contributed by atoms with Gasteiger partial charge in [-0.1, -0.05) is 35.9 Å². The number of amides is 3. The Kier molecular flexibility index (Phi) is 7.76. The highest BCUT2D eigenvalue weighted by Crippen LogP contribution is 2.38. The maximum Gasteiger partial charge on any atom is 0.327 e. The molecule has 2 aromatic rings. The normalized spacial score (nSPS) is 18.2. The van der Waals surface area contributed by atoms with Crippen molar-refractivity contribution in [1.29, 1.82) is 0 Å². The second-order valence-corrected chi connectivity index (χ2v) is 9.39. The Morgan fingerprint density at radius 3 is 2.15 bits per heavy atom. The van der Waals surface area contributed by atoms with Crippen molar-refractivity contribution in [3.63, 3.8) is 0 Å². The SMILES string of the molecule is COCCCN1C(=O)N(Cc2ccc(OC)cc2)C(=O)C12CCN(Cc1ccc(Cl)cc1)CC2. The molecular formula is C26H32ClN3O4. The minimum atomic E-state index is -0.784. The van der Waals surface area contributed by atoms with Crippen molar-refractivity contribution in [2.24, 2.45) is 0 Å². The van der Waals surface area contributed by atoms with Gasteiger partial charge in [-0.2, -0.15) is 0 Å². The highest BCUT2D eigenvalue weighted by Gasteiger charge is 2.57. The predicted octanol–water partition coefficient (Wildman–Crippen LogP) is 4.18. The van der Waals surface area contributed by atoms with Gasteiger partial charge < -0.3 is 14.4 Å². The first kappa shape index (κ1) is 24.5. The van der Waals surface area contributed by atoms with Gasteiger partial charge in [0.05, 0.1) is 13.7 Å². The molecule has 0 aliphatic carbocycles. The number of methoxy groups -OCH3 is 2. The third kappa shape index (κ3) is 5.06. The Labute approximate surface area is 206 Å². The molecule has 7 nitrogen and oxygen atoms in total. The number of nitrogens with zero attached hydrogens (tertiary/aromatic N) is 3. The van der Waals surface area contributed by atoms with Gasteiger partial charge in [0.1, 0.15) is 11.3 Å². The molecule has 0 N–H and O–H groups in total. The molecule has 3 amide bonds. The molecule has 1 spiro atoms. The van der Waals surface area contributed by atoms with E-state index in [2.05, 4.69) is 4.90 Å². The summed E-state index contributed by atoms with van der Waals surface area (Å²) in [7, 11) is 3.27. The van der Waals surface area contributed by atoms with Gasteiger partial charge in [-0.25, -0.2) is 4.79 Å². The lowest BCUT2D eigenvalue weighted by molar-refractivity contribution is -0.136. The molecule has 0 bridgehead atoms. The fourth-order valence-electron chi connectivity index (χ4n) is 4.92. The van der Waals surface area contributed by atoms with Crippen LogP contribution in [0.4, 0.5) is 4.79 Å². The molecule has 2 saturated heterocycles. The summed E-state index contributed by atoms with van der Waals surface area (Å²) in [6.07, 6.45) is 1.94. The maximum atomic E-state index is 13.7. The average molecular weight is 486 g/mol. The molecule has 34 heavy (non-hydrogen) atoms. The molecule has 4 rings (SSSR count). The van der Waals surface area contributed by atoms with Gasteiger partial charge in [0.25, 0.3) is 5.91 Å². The third-order valence-corrected chi connectivity index (χ3v) is 7.11. The van der Waals surface area contributed by atoms with Gasteiger partial charge in [-0.15, -0.1) is 0 Å². The standard InChI is InChI=1S/C26H32ClN3O4/c1-33-17-3-14-30-25(32)29(19-21-6-10-23(34-2)11-7-21)24(31)26(30)12-15-28(16-13-26)18-20-4-8-22(27)9-5-20/h4-11H,3,12-19H2,1-2H3. The Morgan fingerprint density at radius 2 is 1.53 bits per heavy atom. The summed E-state index contributed by atoms with van der Waals surface area (Å²) in [5.74, 6) is 0.658. The number of halogens is 1. The third-order valence-electron chi connectivity index (χ3n) is 6.85. The maximum absolute atomic E-state index is 13.7. The number of carbonyl (C=O) groups excluding carboxylic acids is 2. The summed E-state index contributed by atoms with van der Waals surface area (Å²) in [5, 5.41) is 0.722. The molecule has 0 radical (unpaired) electrons. The zero-order valence-corrected chi connectivity index (χ0v) is 20.6. The molecule has 0 aromatic heterocycles. The van der Waals surface area contributed by atoms with Crippen LogP contribution >= 0.6 is 11.6 Å². The van der Waals surface area contributed by atoms with Gasteiger partial charge in [0, 0.05) is 44.9 Å². The number of hydrogen-bond acceptors (Lipinski definition) is 5. The second-order valence-electron chi connectivity index (χ2n) is 8.95. The van der Waals surface area contributed by atoms with Crippen molar-refractivity contribution >= 4 is 23.5 Å². The number of piperidine rings is 1. The molecule has 182 valence electrons. The van der Waals surface area contributed by atoms with Crippen LogP contribution in [0.3, 0.4) is 0 Å². The highest BCUT2D eigenvalue weighted by molar-refractivity contribution is 6.30. The first-order valence-corrected chi connectivity index (χ1v) is 12.1. The number of benzene rings is 2. The molecule has 2 aromatic carbocycles. The van der Waals surface area contributed by atoms with Crippen molar-refractivity contribution in [2.75, 3.05) is 40.5 Å². The summed E-state index contributed by atoms with van der Waals surface area (Å²) in [5.41, 5.74) is 1.30. The number of rotatable bonds is 9. The van der Waals surface area contributed by atoms with E-state index in [4.69, 9.17) is 21.1 Å². The van der Waals surface area contributed by atoms with Crippen molar-refractivity contribution in [3.05, 3.63) is 64.7 Å². The summed E-state index contributed by atoms with van der Waals surface area (Å²) in [6, 6.07) is 15.1. The molecule has 0 unspecified atom stereocenters. The van der Waals surface area contributed by atoms with Crippen molar-refractivity contribution in [3.8, 4) is 5.75 Å². The molecule has 2 aliphatic rings. The predicted molar refractivity (Wildman–Crippen MR) is 131 cm³/mol. The Balaban J connectivity index is 1.49. The first-order valence-electron chi connectivity index (χ1n) is 11.7. The molecule has 2 fully saturated rings. The lowest BCUT2D eigenvalue weighted by Crippen LogP contribution is -2.56. The monoisotopic (exact) mass is 485 g/mol. The van der Waals surface area contributed by atoms with Gasteiger partial charge in [-0.05, 0) is 54.7 Å². The van der Waals surface area contributed by atoms with Crippen LogP contribution in [-0.4, -0.2) is 72.6 Å². The van der Waals surface area contributed by atoms with Crippen LogP contribution in [-0.2, 0) is 22.6 Å². The van der Waals surface area contributed by atoms with Crippen LogP contribution in [0, 0.1) is 0 Å². The fourth-order valence-corrected chi connectivity index (χ4v) is 5.05. The minimum absolute atomic E-state index is 0.0862. The van der Waals surface area contributed by atoms with Crippen molar-refractivity contribution in [1.82, 2.24) is 14.7 Å². The van der Waals surface area contributed by atoms with E-state index in [0.29, 0.717) is 32.4 Å². The molecule has 2 heterocycles. The number of likely N-dealkylation sites (tertiary alicyclic amines) is 1. The van der Waals surface area contributed by atoms with E-state index in [1.165, 1.54) is 10.5 Å². The number of ether oxygens (including phenoxy) is 2. The van der Waals surface area contributed by atoms with Gasteiger partial charge in [0.15, 0.2) is 0 Å². The van der Waals surface area contributed by atoms with Crippen molar-refractivity contribution < 1.29 is 19.1 Å². The summed E-state index contributed by atoms with van der Waals surface area (Å²) in [6.45, 7) is 3.62. The fraction of sp³-hybridized carbons (Fsp3) is 0.462. The zero-order valence-electron chi connectivity index (χ0n) is 19.8. The molecule has 0 saturated carbocycles. The first-order chi connectivity index (χ1) is 16.5. The Bertz CT molecular complexity index is 988. The van der Waals surface area contributed by atoms with E-state index in [0.717, 1.165) is 36.0 Å². The quantitative estimate of drug-likeness (QED) is 0.394. The molecular weight excluding hydrogens is 454 g/mol. The lowest BCUT2D eigenvalue weighted by atomic mass is 9.85. The Hall–Kier alpha value is -2.61. The van der Waals surface area contributed by atoms with E-state index < -0.39 is 5.54 Å². The number of carbonyl (C=O) groups is 2. The van der Waals surface area contributed by atoms with E-state index >= 15 is 0 Å². The van der Waals surface area contributed by atoms with Gasteiger partial charge in [0.2, 0.25) is 0 Å². The molecule has 8 heteroatoms. The summed E-state index contributed by atoms with van der Waals surface area (Å²) >= 11 is 6.01. The highest BCUT2D eigenvalue weighted by atomic mass is 35.5. The van der Waals surface area contributed by atoms with E-state index in [-0.39, 0.29) is 18.5 Å². The summed E-state index contributed by atoms with van der Waals surface area (Å²) in [4.78, 5) is 32.8. The van der Waals surface area contributed by atoms with Crippen LogP contribution in [0.5, 0.6) is 5.75 Å². The van der Waals surface area contributed by atoms with E-state index in [9.17, 15) is 9.59 Å². The lowest BCUT2D eigenvalue weighted by Gasteiger charge is -2.42.